The quantitative estimate of drug-likeness (QED) is 0.312. The SMILES string of the molecule is CC(C)(C)OC(=O)COc1cccc2c1CCCC2N(c1cnc(Cl)c(Br)c1)S(=O)O. The number of nitrogens with zero attached hydrogens (tertiary/aromatic N) is 2. The minimum Gasteiger partial charge on any atom is -0.482 e. The fourth-order valence-corrected chi connectivity index (χ4v) is 4.74. The molecule has 10 heteroatoms. The zero-order chi connectivity index (χ0) is 22.8. The summed E-state index contributed by atoms with van der Waals surface area (Å²) in [6.07, 6.45) is 3.68. The van der Waals surface area contributed by atoms with Gasteiger partial charge in [0.15, 0.2) is 6.61 Å². The minimum absolute atomic E-state index is 0.206. The van der Waals surface area contributed by atoms with Crippen molar-refractivity contribution in [2.75, 3.05) is 10.9 Å². The molecular formula is C21H24BrClN2O5S. The molecule has 1 aliphatic rings. The van der Waals surface area contributed by atoms with Crippen LogP contribution in [0.3, 0.4) is 0 Å². The Balaban J connectivity index is 1.89. The maximum absolute atomic E-state index is 12.3. The summed E-state index contributed by atoms with van der Waals surface area (Å²) in [5, 5.41) is 0.272. The predicted octanol–water partition coefficient (Wildman–Crippen LogP) is 5.24. The highest BCUT2D eigenvalue weighted by molar-refractivity contribution is 9.10. The molecular weight excluding hydrogens is 508 g/mol. The molecule has 1 heterocycles. The molecule has 3 rings (SSSR count). The van der Waals surface area contributed by atoms with Crippen LogP contribution in [0.5, 0.6) is 5.75 Å². The molecule has 0 bridgehead atoms. The molecule has 31 heavy (non-hydrogen) atoms. The van der Waals surface area contributed by atoms with Gasteiger partial charge in [0.25, 0.3) is 11.3 Å². The monoisotopic (exact) mass is 530 g/mol. The van der Waals surface area contributed by atoms with Crippen molar-refractivity contribution < 1.29 is 23.0 Å². The number of aromatic nitrogens is 1. The zero-order valence-corrected chi connectivity index (χ0v) is 20.6. The van der Waals surface area contributed by atoms with Gasteiger partial charge in [0.2, 0.25) is 0 Å². The largest absolute Gasteiger partial charge is 0.482 e. The molecule has 2 aromatic rings. The van der Waals surface area contributed by atoms with Crippen LogP contribution >= 0.6 is 27.5 Å². The van der Waals surface area contributed by atoms with Gasteiger partial charge in [0.05, 0.1) is 22.4 Å². The topological polar surface area (TPSA) is 89.0 Å². The molecule has 0 spiro atoms. The summed E-state index contributed by atoms with van der Waals surface area (Å²) in [4.78, 5) is 16.1. The normalized spacial score (nSPS) is 16.9. The molecule has 2 unspecified atom stereocenters. The van der Waals surface area contributed by atoms with E-state index in [4.69, 9.17) is 21.1 Å². The first-order valence-electron chi connectivity index (χ1n) is 9.74. The van der Waals surface area contributed by atoms with Crippen molar-refractivity contribution in [1.29, 1.82) is 0 Å². The Kier molecular flexibility index (Phi) is 7.62. The lowest BCUT2D eigenvalue weighted by molar-refractivity contribution is -0.157. The maximum Gasteiger partial charge on any atom is 0.344 e. The maximum atomic E-state index is 12.3. The number of ether oxygens (including phenoxy) is 2. The van der Waals surface area contributed by atoms with Gasteiger partial charge in [-0.2, -0.15) is 0 Å². The average molecular weight is 532 g/mol. The summed E-state index contributed by atoms with van der Waals surface area (Å²) >= 11 is 7.02. The van der Waals surface area contributed by atoms with Crippen molar-refractivity contribution in [3.05, 3.63) is 51.2 Å². The summed E-state index contributed by atoms with van der Waals surface area (Å²) in [7, 11) is 0. The fourth-order valence-electron chi connectivity index (χ4n) is 3.59. The van der Waals surface area contributed by atoms with Crippen molar-refractivity contribution in [2.45, 2.75) is 51.7 Å². The molecule has 0 aliphatic heterocycles. The smallest absolute Gasteiger partial charge is 0.344 e. The Morgan fingerprint density at radius 2 is 2.16 bits per heavy atom. The molecule has 1 aromatic carbocycles. The van der Waals surface area contributed by atoms with Crippen molar-refractivity contribution >= 4 is 50.5 Å². The Bertz CT molecular complexity index is 998. The number of pyridine rings is 1. The first-order valence-corrected chi connectivity index (χ1v) is 12.0. The summed E-state index contributed by atoms with van der Waals surface area (Å²) < 4.78 is 35.4. The number of hydrogen-bond donors (Lipinski definition) is 1. The number of carbonyl (C=O) groups excluding carboxylic acids is 1. The van der Waals surface area contributed by atoms with Crippen LogP contribution in [0.15, 0.2) is 34.9 Å². The van der Waals surface area contributed by atoms with Crippen LogP contribution in [0.1, 0.15) is 50.8 Å². The summed E-state index contributed by atoms with van der Waals surface area (Å²) in [6.45, 7) is 5.19. The molecule has 1 aliphatic carbocycles. The van der Waals surface area contributed by atoms with Gasteiger partial charge >= 0.3 is 5.97 Å². The molecule has 7 nitrogen and oxygen atoms in total. The second-order valence-corrected chi connectivity index (χ2v) is 10.2. The lowest BCUT2D eigenvalue weighted by Crippen LogP contribution is -2.33. The Hall–Kier alpha value is -1.68. The lowest BCUT2D eigenvalue weighted by atomic mass is 9.87. The highest BCUT2D eigenvalue weighted by atomic mass is 79.9. The second kappa shape index (κ2) is 9.85. The molecule has 0 amide bonds. The fraction of sp³-hybridized carbons (Fsp3) is 0.429. The van der Waals surface area contributed by atoms with E-state index in [-0.39, 0.29) is 17.8 Å². The first kappa shape index (κ1) is 24.0. The van der Waals surface area contributed by atoms with Gasteiger partial charge in [-0.3, -0.25) is 8.86 Å². The van der Waals surface area contributed by atoms with Crippen molar-refractivity contribution in [2.24, 2.45) is 0 Å². The molecule has 168 valence electrons. The van der Waals surface area contributed by atoms with Gasteiger partial charge in [0, 0.05) is 0 Å². The minimum atomic E-state index is -2.29. The first-order chi connectivity index (χ1) is 14.6. The number of esters is 1. The third kappa shape index (κ3) is 5.97. The van der Waals surface area contributed by atoms with Crippen LogP contribution < -0.4 is 9.04 Å². The van der Waals surface area contributed by atoms with E-state index in [9.17, 15) is 13.6 Å². The number of halogens is 2. The van der Waals surface area contributed by atoms with Gasteiger partial charge in [-0.15, -0.1) is 0 Å². The highest BCUT2D eigenvalue weighted by Gasteiger charge is 2.32. The number of rotatable bonds is 6. The highest BCUT2D eigenvalue weighted by Crippen LogP contribution is 2.41. The number of hydrogen-bond acceptors (Lipinski definition) is 5. The van der Waals surface area contributed by atoms with Crippen LogP contribution in [-0.4, -0.2) is 31.9 Å². The Labute approximate surface area is 197 Å². The number of carbonyl (C=O) groups is 1. The van der Waals surface area contributed by atoms with Gasteiger partial charge in [-0.05, 0) is 79.2 Å². The number of benzene rings is 1. The van der Waals surface area contributed by atoms with Crippen molar-refractivity contribution in [3.8, 4) is 5.75 Å². The average Bonchev–Trinajstić information content (AvgIpc) is 2.68. The van der Waals surface area contributed by atoms with Crippen molar-refractivity contribution in [3.63, 3.8) is 0 Å². The summed E-state index contributed by atoms with van der Waals surface area (Å²) in [5.41, 5.74) is 1.67. The predicted molar refractivity (Wildman–Crippen MR) is 124 cm³/mol. The van der Waals surface area contributed by atoms with E-state index >= 15 is 0 Å². The Morgan fingerprint density at radius 3 is 2.81 bits per heavy atom. The van der Waals surface area contributed by atoms with Crippen LogP contribution in [0.25, 0.3) is 0 Å². The van der Waals surface area contributed by atoms with Crippen molar-refractivity contribution in [1.82, 2.24) is 4.98 Å². The molecule has 1 N–H and O–H groups in total. The third-order valence-electron chi connectivity index (χ3n) is 4.69. The van der Waals surface area contributed by atoms with Gasteiger partial charge in [-0.25, -0.2) is 14.0 Å². The molecule has 2 atom stereocenters. The van der Waals surface area contributed by atoms with E-state index in [1.54, 1.807) is 32.9 Å². The lowest BCUT2D eigenvalue weighted by Gasteiger charge is -2.35. The Morgan fingerprint density at radius 1 is 1.42 bits per heavy atom. The van der Waals surface area contributed by atoms with Gasteiger partial charge < -0.3 is 9.47 Å². The molecule has 0 radical (unpaired) electrons. The second-order valence-electron chi connectivity index (χ2n) is 8.13. The summed E-state index contributed by atoms with van der Waals surface area (Å²) in [6, 6.07) is 6.83. The van der Waals surface area contributed by atoms with E-state index in [1.807, 2.05) is 12.1 Å². The van der Waals surface area contributed by atoms with Gasteiger partial charge in [0.1, 0.15) is 16.5 Å². The van der Waals surface area contributed by atoms with E-state index in [0.717, 1.165) is 24.0 Å². The molecule has 0 saturated carbocycles. The summed E-state index contributed by atoms with van der Waals surface area (Å²) in [5.74, 6) is 0.125. The molecule has 0 fully saturated rings. The van der Waals surface area contributed by atoms with E-state index < -0.39 is 22.8 Å². The zero-order valence-electron chi connectivity index (χ0n) is 17.4. The van der Waals surface area contributed by atoms with Crippen LogP contribution in [0.4, 0.5) is 5.69 Å². The third-order valence-corrected chi connectivity index (χ3v) is 6.62. The number of anilines is 1. The molecule has 1 aromatic heterocycles. The van der Waals surface area contributed by atoms with Crippen LogP contribution in [0, 0.1) is 0 Å². The molecule has 0 saturated heterocycles. The van der Waals surface area contributed by atoms with Crippen LogP contribution in [-0.2, 0) is 27.2 Å². The van der Waals surface area contributed by atoms with Gasteiger partial charge in [-0.1, -0.05) is 23.7 Å². The standard InChI is InChI=1S/C21H24BrClN2O5S/c1-21(2,3)30-19(26)12-29-18-9-5-6-14-15(18)7-4-8-17(14)25(31(27)28)13-10-16(22)20(23)24-11-13/h5-6,9-11,17H,4,7-8,12H2,1-3H3,(H,27,28). The van der Waals surface area contributed by atoms with Crippen LogP contribution in [0.2, 0.25) is 5.15 Å². The van der Waals surface area contributed by atoms with E-state index in [0.29, 0.717) is 22.3 Å². The van der Waals surface area contributed by atoms with E-state index in [2.05, 4.69) is 20.9 Å². The van der Waals surface area contributed by atoms with E-state index in [1.165, 1.54) is 10.5 Å². The number of fused-ring (bicyclic) bond motifs is 1.